The van der Waals surface area contributed by atoms with Crippen LogP contribution in [0, 0.1) is 5.82 Å². The van der Waals surface area contributed by atoms with Gasteiger partial charge in [-0.1, -0.05) is 18.2 Å². The van der Waals surface area contributed by atoms with Crippen molar-refractivity contribution in [2.75, 3.05) is 63.2 Å². The number of carbonyl (C=O) groups excluding carboxylic acids is 2. The van der Waals surface area contributed by atoms with Gasteiger partial charge in [-0.3, -0.25) is 14.5 Å². The van der Waals surface area contributed by atoms with Crippen LogP contribution in [0.1, 0.15) is 11.6 Å². The number of anilines is 2. The Morgan fingerprint density at radius 2 is 1.61 bits per heavy atom. The van der Waals surface area contributed by atoms with Crippen molar-refractivity contribution in [3.8, 4) is 0 Å². The summed E-state index contributed by atoms with van der Waals surface area (Å²) in [6, 6.07) is 14.7. The van der Waals surface area contributed by atoms with E-state index in [-0.39, 0.29) is 18.4 Å². The summed E-state index contributed by atoms with van der Waals surface area (Å²) in [7, 11) is 3.98. The molecule has 2 amide bonds. The summed E-state index contributed by atoms with van der Waals surface area (Å²) < 4.78 is 13.3. The largest absolute Gasteiger partial charge is 0.378 e. The van der Waals surface area contributed by atoms with Gasteiger partial charge in [0.1, 0.15) is 5.82 Å². The second kappa shape index (κ2) is 11.5. The lowest BCUT2D eigenvalue weighted by atomic mass is 10.0. The first-order valence-electron chi connectivity index (χ1n) is 11.1. The molecule has 1 saturated heterocycles. The molecule has 3 rings (SSSR count). The Hall–Kier alpha value is -3.39. The van der Waals surface area contributed by atoms with E-state index in [1.807, 2.05) is 19.0 Å². The van der Waals surface area contributed by atoms with Crippen LogP contribution in [0.5, 0.6) is 0 Å². The van der Waals surface area contributed by atoms with Gasteiger partial charge in [0.05, 0.1) is 6.04 Å². The number of hydrogen-bond acceptors (Lipinski definition) is 5. The van der Waals surface area contributed by atoms with Crippen molar-refractivity contribution in [2.24, 2.45) is 0 Å². The molecule has 0 bridgehead atoms. The van der Waals surface area contributed by atoms with E-state index in [9.17, 15) is 14.0 Å². The number of nitrogens with zero attached hydrogens (tertiary/aromatic N) is 3. The highest BCUT2D eigenvalue weighted by Crippen LogP contribution is 2.26. The Labute approximate surface area is 194 Å². The second-order valence-corrected chi connectivity index (χ2v) is 8.21. The molecule has 8 heteroatoms. The van der Waals surface area contributed by atoms with Gasteiger partial charge in [0.15, 0.2) is 0 Å². The fourth-order valence-corrected chi connectivity index (χ4v) is 3.91. The van der Waals surface area contributed by atoms with E-state index in [2.05, 4.69) is 51.3 Å². The Balaban J connectivity index is 1.70. The van der Waals surface area contributed by atoms with Gasteiger partial charge in [0.2, 0.25) is 0 Å². The molecule has 2 aromatic rings. The molecule has 1 atom stereocenters. The molecule has 1 unspecified atom stereocenters. The van der Waals surface area contributed by atoms with Crippen molar-refractivity contribution in [2.45, 2.75) is 6.04 Å². The molecule has 7 nitrogen and oxygen atoms in total. The molecule has 1 heterocycles. The maximum atomic E-state index is 13.3. The van der Waals surface area contributed by atoms with E-state index in [0.717, 1.165) is 43.1 Å². The Bertz CT molecular complexity index is 938. The zero-order valence-electron chi connectivity index (χ0n) is 19.3. The highest BCUT2D eigenvalue weighted by Gasteiger charge is 2.26. The van der Waals surface area contributed by atoms with Gasteiger partial charge in [-0.2, -0.15) is 0 Å². The van der Waals surface area contributed by atoms with Gasteiger partial charge in [-0.25, -0.2) is 4.39 Å². The number of benzene rings is 2. The third-order valence-electron chi connectivity index (χ3n) is 5.81. The lowest BCUT2D eigenvalue weighted by molar-refractivity contribution is -0.139. The number of rotatable bonds is 8. The van der Waals surface area contributed by atoms with Gasteiger partial charge in [0.25, 0.3) is 0 Å². The molecule has 176 valence electrons. The van der Waals surface area contributed by atoms with Gasteiger partial charge in [-0.05, 0) is 42.0 Å². The summed E-state index contributed by atoms with van der Waals surface area (Å²) in [6.45, 7) is 7.21. The second-order valence-electron chi connectivity index (χ2n) is 8.21. The number of nitrogens with one attached hydrogen (secondary N) is 2. The minimum absolute atomic E-state index is 0.0762. The maximum absolute atomic E-state index is 13.3. The van der Waals surface area contributed by atoms with Crippen LogP contribution in [0.3, 0.4) is 0 Å². The van der Waals surface area contributed by atoms with Crippen LogP contribution in [0.25, 0.3) is 0 Å². The average Bonchev–Trinajstić information content (AvgIpc) is 2.83. The summed E-state index contributed by atoms with van der Waals surface area (Å²) in [5.41, 5.74) is 3.16. The van der Waals surface area contributed by atoms with Crippen LogP contribution in [0.15, 0.2) is 61.2 Å². The van der Waals surface area contributed by atoms with Crippen LogP contribution in [-0.2, 0) is 9.59 Å². The molecule has 2 aromatic carbocycles. The van der Waals surface area contributed by atoms with Crippen molar-refractivity contribution in [3.63, 3.8) is 0 Å². The Kier molecular flexibility index (Phi) is 8.43. The number of piperazine rings is 1. The van der Waals surface area contributed by atoms with E-state index < -0.39 is 11.8 Å². The quantitative estimate of drug-likeness (QED) is 0.474. The molecular weight excluding hydrogens is 421 g/mol. The van der Waals surface area contributed by atoms with Crippen molar-refractivity contribution in [1.82, 2.24) is 15.5 Å². The van der Waals surface area contributed by atoms with E-state index in [1.54, 1.807) is 12.1 Å². The van der Waals surface area contributed by atoms with E-state index in [1.165, 1.54) is 18.2 Å². The van der Waals surface area contributed by atoms with Crippen LogP contribution in [0.4, 0.5) is 15.8 Å². The summed E-state index contributed by atoms with van der Waals surface area (Å²) >= 11 is 0. The third-order valence-corrected chi connectivity index (χ3v) is 5.81. The standard InChI is InChI=1S/C25H32FN5O2/c1-4-13-27-24(32)25(33)28-18-23(19-5-9-21(10-6-19)29(2)3)31-16-14-30(15-17-31)22-11-7-20(26)8-12-22/h4-12,23H,1,13-18H2,2-3H3,(H,27,32)(H,28,33). The fraction of sp³-hybridized carbons (Fsp3) is 0.360. The molecule has 1 aliphatic rings. The minimum Gasteiger partial charge on any atom is -0.378 e. The molecule has 1 fully saturated rings. The molecule has 0 spiro atoms. The summed E-state index contributed by atoms with van der Waals surface area (Å²) in [5.74, 6) is -1.57. The van der Waals surface area contributed by atoms with E-state index >= 15 is 0 Å². The molecule has 0 saturated carbocycles. The first-order valence-corrected chi connectivity index (χ1v) is 11.1. The smallest absolute Gasteiger partial charge is 0.309 e. The van der Waals surface area contributed by atoms with Crippen LogP contribution >= 0.6 is 0 Å². The Morgan fingerprint density at radius 3 is 2.18 bits per heavy atom. The van der Waals surface area contributed by atoms with Crippen molar-refractivity contribution in [1.29, 1.82) is 0 Å². The van der Waals surface area contributed by atoms with Gasteiger partial charge in [-0.15, -0.1) is 6.58 Å². The number of amides is 2. The summed E-state index contributed by atoms with van der Waals surface area (Å²) in [4.78, 5) is 30.8. The average molecular weight is 454 g/mol. The summed E-state index contributed by atoms with van der Waals surface area (Å²) in [6.07, 6.45) is 1.53. The first-order chi connectivity index (χ1) is 15.9. The van der Waals surface area contributed by atoms with Gasteiger partial charge in [0, 0.05) is 64.7 Å². The highest BCUT2D eigenvalue weighted by atomic mass is 19.1. The highest BCUT2D eigenvalue weighted by molar-refractivity contribution is 6.35. The van der Waals surface area contributed by atoms with Crippen molar-refractivity contribution in [3.05, 3.63) is 72.6 Å². The van der Waals surface area contributed by atoms with E-state index in [4.69, 9.17) is 0 Å². The molecule has 2 N–H and O–H groups in total. The molecule has 1 aliphatic heterocycles. The van der Waals surface area contributed by atoms with Crippen molar-refractivity contribution < 1.29 is 14.0 Å². The number of hydrogen-bond donors (Lipinski definition) is 2. The van der Waals surface area contributed by atoms with Crippen LogP contribution in [0.2, 0.25) is 0 Å². The lowest BCUT2D eigenvalue weighted by Gasteiger charge is -2.40. The summed E-state index contributed by atoms with van der Waals surface area (Å²) in [5, 5.41) is 5.28. The maximum Gasteiger partial charge on any atom is 0.309 e. The SMILES string of the molecule is C=CCNC(=O)C(=O)NCC(c1ccc(N(C)C)cc1)N1CCN(c2ccc(F)cc2)CC1. The van der Waals surface area contributed by atoms with Gasteiger partial charge < -0.3 is 20.4 Å². The van der Waals surface area contributed by atoms with Crippen LogP contribution < -0.4 is 20.4 Å². The molecular formula is C25H32FN5O2. The molecule has 0 aliphatic carbocycles. The third kappa shape index (κ3) is 6.55. The van der Waals surface area contributed by atoms with Crippen LogP contribution in [-0.4, -0.2) is 70.1 Å². The zero-order chi connectivity index (χ0) is 23.8. The predicted octanol–water partition coefficient (Wildman–Crippen LogP) is 2.17. The number of carbonyl (C=O) groups is 2. The van der Waals surface area contributed by atoms with Gasteiger partial charge >= 0.3 is 11.8 Å². The monoisotopic (exact) mass is 453 g/mol. The number of halogens is 1. The minimum atomic E-state index is -0.669. The molecule has 33 heavy (non-hydrogen) atoms. The first kappa shape index (κ1) is 24.3. The zero-order valence-corrected chi connectivity index (χ0v) is 19.3. The normalized spacial score (nSPS) is 14.9. The molecule has 0 aromatic heterocycles. The Morgan fingerprint density at radius 1 is 1.00 bits per heavy atom. The molecule has 0 radical (unpaired) electrons. The van der Waals surface area contributed by atoms with Crippen molar-refractivity contribution >= 4 is 23.2 Å². The van der Waals surface area contributed by atoms with E-state index in [0.29, 0.717) is 6.54 Å². The lowest BCUT2D eigenvalue weighted by Crippen LogP contribution is -2.50. The fourth-order valence-electron chi connectivity index (χ4n) is 3.91. The topological polar surface area (TPSA) is 67.9 Å². The predicted molar refractivity (Wildman–Crippen MR) is 130 cm³/mol.